The van der Waals surface area contributed by atoms with Crippen LogP contribution in [0.5, 0.6) is 11.5 Å². The van der Waals surface area contributed by atoms with E-state index in [2.05, 4.69) is 10.3 Å². The normalized spacial score (nSPS) is 11.1. The summed E-state index contributed by atoms with van der Waals surface area (Å²) in [6, 6.07) is 12.4. The van der Waals surface area contributed by atoms with Gasteiger partial charge >= 0.3 is 6.18 Å². The summed E-state index contributed by atoms with van der Waals surface area (Å²) in [5, 5.41) is 2.70. The minimum absolute atomic E-state index is 0.214. The van der Waals surface area contributed by atoms with E-state index in [0.717, 1.165) is 12.1 Å². The molecule has 0 radical (unpaired) electrons. The van der Waals surface area contributed by atoms with Gasteiger partial charge in [-0.2, -0.15) is 13.2 Å². The lowest BCUT2D eigenvalue weighted by Crippen LogP contribution is -2.16. The molecular weight excluding hydrogens is 486 g/mol. The number of nitrogens with zero attached hydrogens (tertiary/aromatic N) is 1. The maximum Gasteiger partial charge on any atom is 0.416 e. The molecule has 3 rings (SSSR count). The first-order chi connectivity index (χ1) is 13.2. The third-order valence-electron chi connectivity index (χ3n) is 3.66. The van der Waals surface area contributed by atoms with Crippen molar-refractivity contribution in [3.8, 4) is 11.5 Å². The number of rotatable bonds is 4. The molecule has 0 aliphatic heterocycles. The third-order valence-corrected chi connectivity index (χ3v) is 4.80. The van der Waals surface area contributed by atoms with E-state index in [4.69, 9.17) is 10.5 Å². The quantitative estimate of drug-likeness (QED) is 0.476. The van der Waals surface area contributed by atoms with E-state index in [1.807, 2.05) is 22.6 Å². The number of nitrogens with one attached hydrogen (secondary N) is 1. The Kier molecular flexibility index (Phi) is 5.73. The summed E-state index contributed by atoms with van der Waals surface area (Å²) in [4.78, 5) is 16.3. The molecule has 0 saturated heterocycles. The number of halogens is 4. The SMILES string of the molecule is Nc1ccnc(C(=O)Nc2ccc(Oc3ccc(C(F)(F)F)cc3)cc2)c1I. The molecular formula is C19H13F3IN3O2. The highest BCUT2D eigenvalue weighted by Gasteiger charge is 2.30. The van der Waals surface area contributed by atoms with Crippen LogP contribution in [0.4, 0.5) is 24.5 Å². The minimum atomic E-state index is -4.39. The number of carbonyl (C=O) groups excluding carboxylic acids is 1. The third kappa shape index (κ3) is 4.71. The highest BCUT2D eigenvalue weighted by atomic mass is 127. The number of pyridine rings is 1. The molecule has 0 spiro atoms. The van der Waals surface area contributed by atoms with Crippen LogP contribution >= 0.6 is 22.6 Å². The molecule has 5 nitrogen and oxygen atoms in total. The molecule has 0 aliphatic rings. The predicted octanol–water partition coefficient (Wildman–Crippen LogP) is 5.33. The first-order valence-electron chi connectivity index (χ1n) is 7.90. The van der Waals surface area contributed by atoms with Gasteiger partial charge in [-0.1, -0.05) is 0 Å². The van der Waals surface area contributed by atoms with Gasteiger partial charge in [0.15, 0.2) is 0 Å². The second kappa shape index (κ2) is 8.05. The van der Waals surface area contributed by atoms with Crippen LogP contribution in [0, 0.1) is 3.57 Å². The summed E-state index contributed by atoms with van der Waals surface area (Å²) in [6.07, 6.45) is -2.94. The van der Waals surface area contributed by atoms with E-state index in [1.165, 1.54) is 18.3 Å². The maximum absolute atomic E-state index is 12.6. The number of alkyl halides is 3. The zero-order chi connectivity index (χ0) is 20.3. The topological polar surface area (TPSA) is 77.2 Å². The smallest absolute Gasteiger partial charge is 0.416 e. The molecule has 9 heteroatoms. The van der Waals surface area contributed by atoms with Gasteiger partial charge < -0.3 is 15.8 Å². The summed E-state index contributed by atoms with van der Waals surface area (Å²) in [5.41, 5.74) is 6.20. The van der Waals surface area contributed by atoms with Crippen molar-refractivity contribution >= 4 is 39.9 Å². The van der Waals surface area contributed by atoms with E-state index in [0.29, 0.717) is 20.7 Å². The second-order valence-corrected chi connectivity index (χ2v) is 6.74. The van der Waals surface area contributed by atoms with Crippen molar-refractivity contribution in [1.82, 2.24) is 4.98 Å². The van der Waals surface area contributed by atoms with Crippen molar-refractivity contribution in [2.24, 2.45) is 0 Å². The molecule has 0 saturated carbocycles. The number of nitrogen functional groups attached to an aromatic ring is 1. The lowest BCUT2D eigenvalue weighted by molar-refractivity contribution is -0.137. The van der Waals surface area contributed by atoms with E-state index >= 15 is 0 Å². The van der Waals surface area contributed by atoms with E-state index < -0.39 is 17.6 Å². The van der Waals surface area contributed by atoms with Crippen molar-refractivity contribution in [1.29, 1.82) is 0 Å². The van der Waals surface area contributed by atoms with Gasteiger partial charge in [0.2, 0.25) is 0 Å². The lowest BCUT2D eigenvalue weighted by Gasteiger charge is -2.10. The van der Waals surface area contributed by atoms with Crippen molar-refractivity contribution in [2.45, 2.75) is 6.18 Å². The Morgan fingerprint density at radius 3 is 2.14 bits per heavy atom. The summed E-state index contributed by atoms with van der Waals surface area (Å²) < 4.78 is 43.8. The molecule has 0 aliphatic carbocycles. The molecule has 1 amide bonds. The predicted molar refractivity (Wildman–Crippen MR) is 107 cm³/mol. The fourth-order valence-corrected chi connectivity index (χ4v) is 2.83. The van der Waals surface area contributed by atoms with Gasteiger partial charge in [-0.3, -0.25) is 4.79 Å². The lowest BCUT2D eigenvalue weighted by atomic mass is 10.2. The molecule has 2 aromatic carbocycles. The number of anilines is 2. The highest BCUT2D eigenvalue weighted by molar-refractivity contribution is 14.1. The molecule has 0 bridgehead atoms. The average Bonchev–Trinajstić information content (AvgIpc) is 2.65. The van der Waals surface area contributed by atoms with Gasteiger partial charge in [0.1, 0.15) is 17.2 Å². The van der Waals surface area contributed by atoms with E-state index in [9.17, 15) is 18.0 Å². The number of ether oxygens (including phenoxy) is 1. The van der Waals surface area contributed by atoms with Gasteiger partial charge in [-0.25, -0.2) is 4.98 Å². The van der Waals surface area contributed by atoms with Gasteiger partial charge in [-0.15, -0.1) is 0 Å². The number of hydrogen-bond donors (Lipinski definition) is 2. The minimum Gasteiger partial charge on any atom is -0.457 e. The van der Waals surface area contributed by atoms with Crippen LogP contribution in [-0.4, -0.2) is 10.9 Å². The van der Waals surface area contributed by atoms with Gasteiger partial charge in [0.05, 0.1) is 9.13 Å². The van der Waals surface area contributed by atoms with E-state index in [1.54, 1.807) is 30.3 Å². The molecule has 1 aromatic heterocycles. The number of hydrogen-bond acceptors (Lipinski definition) is 4. The van der Waals surface area contributed by atoms with Gasteiger partial charge in [-0.05, 0) is 77.2 Å². The van der Waals surface area contributed by atoms with Crippen molar-refractivity contribution < 1.29 is 22.7 Å². The number of carbonyl (C=O) groups is 1. The van der Waals surface area contributed by atoms with E-state index in [-0.39, 0.29) is 11.4 Å². The molecule has 0 fully saturated rings. The fourth-order valence-electron chi connectivity index (χ4n) is 2.26. The monoisotopic (exact) mass is 499 g/mol. The molecule has 144 valence electrons. The van der Waals surface area contributed by atoms with Crippen LogP contribution in [0.2, 0.25) is 0 Å². The molecule has 0 unspecified atom stereocenters. The van der Waals surface area contributed by atoms with Crippen molar-refractivity contribution in [3.05, 3.63) is 75.6 Å². The van der Waals surface area contributed by atoms with Crippen LogP contribution in [0.25, 0.3) is 0 Å². The van der Waals surface area contributed by atoms with Gasteiger partial charge in [0, 0.05) is 17.6 Å². The zero-order valence-electron chi connectivity index (χ0n) is 14.1. The van der Waals surface area contributed by atoms with Crippen molar-refractivity contribution in [3.63, 3.8) is 0 Å². The highest BCUT2D eigenvalue weighted by Crippen LogP contribution is 2.31. The van der Waals surface area contributed by atoms with Crippen LogP contribution in [0.15, 0.2) is 60.8 Å². The molecule has 0 atom stereocenters. The standard InChI is InChI=1S/C19H13F3IN3O2/c20-19(21,22)11-1-5-13(6-2-11)28-14-7-3-12(4-8-14)26-18(27)17-16(23)15(24)9-10-25-17/h1-10H,(H2,24,25)(H,26,27). The fraction of sp³-hybridized carbons (Fsp3) is 0.0526. The zero-order valence-corrected chi connectivity index (χ0v) is 16.3. The summed E-state index contributed by atoms with van der Waals surface area (Å²) >= 11 is 1.95. The molecule has 3 N–H and O–H groups in total. The number of amides is 1. The Hall–Kier alpha value is -2.82. The molecule has 28 heavy (non-hydrogen) atoms. The maximum atomic E-state index is 12.6. The first kappa shape index (κ1) is 19.9. The number of nitrogens with two attached hydrogens (primary N) is 1. The van der Waals surface area contributed by atoms with Crippen LogP contribution < -0.4 is 15.8 Å². The Morgan fingerprint density at radius 2 is 1.57 bits per heavy atom. The Morgan fingerprint density at radius 1 is 1.00 bits per heavy atom. The Bertz CT molecular complexity index is 991. The Balaban J connectivity index is 1.66. The Labute approximate surface area is 171 Å². The average molecular weight is 499 g/mol. The van der Waals surface area contributed by atoms with Crippen molar-refractivity contribution in [2.75, 3.05) is 11.1 Å². The number of benzene rings is 2. The second-order valence-electron chi connectivity index (χ2n) is 5.67. The summed E-state index contributed by atoms with van der Waals surface area (Å²) in [7, 11) is 0. The molecule has 1 heterocycles. The number of aromatic nitrogens is 1. The molecule has 3 aromatic rings. The van der Waals surface area contributed by atoms with Crippen LogP contribution in [0.1, 0.15) is 16.1 Å². The first-order valence-corrected chi connectivity index (χ1v) is 8.98. The summed E-state index contributed by atoms with van der Waals surface area (Å²) in [5.74, 6) is 0.269. The van der Waals surface area contributed by atoms with Crippen LogP contribution in [-0.2, 0) is 6.18 Å². The van der Waals surface area contributed by atoms with Gasteiger partial charge in [0.25, 0.3) is 5.91 Å². The van der Waals surface area contributed by atoms with Crippen LogP contribution in [0.3, 0.4) is 0 Å². The largest absolute Gasteiger partial charge is 0.457 e. The summed E-state index contributed by atoms with van der Waals surface area (Å²) in [6.45, 7) is 0.